The Morgan fingerprint density at radius 1 is 0.810 bits per heavy atom. The molecule has 124 valence electrons. The van der Waals surface area contributed by atoms with Gasteiger partial charge in [0.25, 0.3) is 0 Å². The van der Waals surface area contributed by atoms with Crippen LogP contribution < -0.4 is 17.2 Å². The highest BCUT2D eigenvalue weighted by Gasteiger charge is 2.19. The molecule has 0 spiro atoms. The first kappa shape index (κ1) is 19.8. The molecule has 0 heterocycles. The quantitative estimate of drug-likeness (QED) is 0.323. The van der Waals surface area contributed by atoms with Crippen molar-refractivity contribution in [1.82, 2.24) is 0 Å². The lowest BCUT2D eigenvalue weighted by Crippen LogP contribution is -2.35. The van der Waals surface area contributed by atoms with Crippen LogP contribution in [0, 0.1) is 0 Å². The fraction of sp³-hybridized carbons (Fsp3) is 0.857. The SMILES string of the molecule is NCCCCCOC(=O)C[C@H](N)C(=O)OCCCCCN. The maximum Gasteiger partial charge on any atom is 0.323 e. The van der Waals surface area contributed by atoms with Gasteiger partial charge in [0.2, 0.25) is 0 Å². The van der Waals surface area contributed by atoms with Crippen LogP contribution in [0.5, 0.6) is 0 Å². The van der Waals surface area contributed by atoms with Crippen molar-refractivity contribution >= 4 is 11.9 Å². The van der Waals surface area contributed by atoms with Gasteiger partial charge in [-0.2, -0.15) is 0 Å². The van der Waals surface area contributed by atoms with Crippen LogP contribution in [0.1, 0.15) is 44.9 Å². The third-order valence-electron chi connectivity index (χ3n) is 2.89. The van der Waals surface area contributed by atoms with Crippen LogP contribution in [0.2, 0.25) is 0 Å². The lowest BCUT2D eigenvalue weighted by molar-refractivity contribution is -0.152. The molecule has 0 unspecified atom stereocenters. The number of carbonyl (C=O) groups is 2. The second-order valence-electron chi connectivity index (χ2n) is 4.90. The highest BCUT2D eigenvalue weighted by Crippen LogP contribution is 2.00. The predicted molar refractivity (Wildman–Crippen MR) is 80.3 cm³/mol. The number of hydrogen-bond acceptors (Lipinski definition) is 7. The van der Waals surface area contributed by atoms with Crippen molar-refractivity contribution in [2.45, 2.75) is 51.0 Å². The van der Waals surface area contributed by atoms with Gasteiger partial charge in [0.1, 0.15) is 6.04 Å². The molecule has 0 aromatic rings. The summed E-state index contributed by atoms with van der Waals surface area (Å²) in [4.78, 5) is 23.0. The van der Waals surface area contributed by atoms with Gasteiger partial charge < -0.3 is 26.7 Å². The zero-order valence-electron chi connectivity index (χ0n) is 12.7. The van der Waals surface area contributed by atoms with E-state index >= 15 is 0 Å². The fourth-order valence-electron chi connectivity index (χ4n) is 1.63. The van der Waals surface area contributed by atoms with E-state index in [1.54, 1.807) is 0 Å². The Kier molecular flexibility index (Phi) is 13.0. The molecule has 7 heteroatoms. The molecule has 0 aromatic heterocycles. The van der Waals surface area contributed by atoms with Crippen LogP contribution >= 0.6 is 0 Å². The maximum absolute atomic E-state index is 11.5. The Balaban J connectivity index is 3.62. The van der Waals surface area contributed by atoms with Gasteiger partial charge in [-0.25, -0.2) is 0 Å². The summed E-state index contributed by atoms with van der Waals surface area (Å²) in [6.45, 7) is 1.90. The molecule has 0 fully saturated rings. The first-order valence-corrected chi connectivity index (χ1v) is 7.59. The molecule has 21 heavy (non-hydrogen) atoms. The summed E-state index contributed by atoms with van der Waals surface area (Å²) in [6, 6.07) is -0.962. The van der Waals surface area contributed by atoms with Crippen LogP contribution in [0.25, 0.3) is 0 Å². The average molecular weight is 303 g/mol. The highest BCUT2D eigenvalue weighted by molar-refractivity contribution is 5.82. The second-order valence-corrected chi connectivity index (χ2v) is 4.90. The van der Waals surface area contributed by atoms with E-state index in [0.29, 0.717) is 26.3 Å². The number of esters is 2. The fourth-order valence-corrected chi connectivity index (χ4v) is 1.63. The zero-order valence-corrected chi connectivity index (χ0v) is 12.7. The van der Waals surface area contributed by atoms with Crippen molar-refractivity contribution in [3.05, 3.63) is 0 Å². The monoisotopic (exact) mass is 303 g/mol. The largest absolute Gasteiger partial charge is 0.466 e. The van der Waals surface area contributed by atoms with E-state index in [1.807, 2.05) is 0 Å². The van der Waals surface area contributed by atoms with Crippen LogP contribution in [-0.4, -0.2) is 44.3 Å². The molecule has 0 aliphatic carbocycles. The molecule has 7 nitrogen and oxygen atoms in total. The molecule has 6 N–H and O–H groups in total. The Hall–Kier alpha value is -1.18. The number of ether oxygens (including phenoxy) is 2. The van der Waals surface area contributed by atoms with Gasteiger partial charge in [-0.15, -0.1) is 0 Å². The van der Waals surface area contributed by atoms with E-state index in [9.17, 15) is 9.59 Å². The Morgan fingerprint density at radius 2 is 1.33 bits per heavy atom. The smallest absolute Gasteiger partial charge is 0.323 e. The van der Waals surface area contributed by atoms with Gasteiger partial charge in [0.15, 0.2) is 0 Å². The first-order valence-electron chi connectivity index (χ1n) is 7.59. The highest BCUT2D eigenvalue weighted by atomic mass is 16.5. The van der Waals surface area contributed by atoms with Gasteiger partial charge in [0, 0.05) is 0 Å². The Morgan fingerprint density at radius 3 is 1.86 bits per heavy atom. The standard InChI is InChI=1S/C14H29N3O4/c15-7-3-1-5-9-20-13(18)11-12(17)14(19)21-10-6-2-4-8-16/h12H,1-11,15-17H2/t12-/m0/s1. The average Bonchev–Trinajstić information content (AvgIpc) is 2.46. The molecule has 0 aromatic carbocycles. The third kappa shape index (κ3) is 12.3. The normalized spacial score (nSPS) is 12.0. The Labute approximate surface area is 126 Å². The van der Waals surface area contributed by atoms with E-state index in [4.69, 9.17) is 26.7 Å². The number of nitrogens with two attached hydrogens (primary N) is 3. The second kappa shape index (κ2) is 13.8. The minimum absolute atomic E-state index is 0.154. The topological polar surface area (TPSA) is 131 Å². The summed E-state index contributed by atoms with van der Waals surface area (Å²) >= 11 is 0. The molecule has 0 radical (unpaired) electrons. The number of rotatable bonds is 13. The molecule has 1 atom stereocenters. The van der Waals surface area contributed by atoms with Gasteiger partial charge >= 0.3 is 11.9 Å². The molecule has 0 bridgehead atoms. The molecular weight excluding hydrogens is 274 g/mol. The van der Waals surface area contributed by atoms with Crippen molar-refractivity contribution in [1.29, 1.82) is 0 Å². The van der Waals surface area contributed by atoms with E-state index < -0.39 is 18.0 Å². The minimum Gasteiger partial charge on any atom is -0.466 e. The van der Waals surface area contributed by atoms with Crippen molar-refractivity contribution in [2.75, 3.05) is 26.3 Å². The molecule has 0 saturated heterocycles. The van der Waals surface area contributed by atoms with Crippen molar-refractivity contribution < 1.29 is 19.1 Å². The zero-order chi connectivity index (χ0) is 15.9. The molecule has 0 saturated carbocycles. The summed E-state index contributed by atoms with van der Waals surface area (Å²) in [7, 11) is 0. The van der Waals surface area contributed by atoms with Gasteiger partial charge in [0.05, 0.1) is 19.6 Å². The van der Waals surface area contributed by atoms with Gasteiger partial charge in [-0.05, 0) is 51.6 Å². The lowest BCUT2D eigenvalue weighted by atomic mass is 10.2. The van der Waals surface area contributed by atoms with E-state index in [2.05, 4.69) is 0 Å². The van der Waals surface area contributed by atoms with Crippen LogP contribution in [0.4, 0.5) is 0 Å². The van der Waals surface area contributed by atoms with Gasteiger partial charge in [-0.3, -0.25) is 9.59 Å². The number of carbonyl (C=O) groups excluding carboxylic acids is 2. The molecule has 0 aliphatic rings. The number of unbranched alkanes of at least 4 members (excludes halogenated alkanes) is 4. The van der Waals surface area contributed by atoms with E-state index in [-0.39, 0.29) is 6.42 Å². The summed E-state index contributed by atoms with van der Waals surface area (Å²) in [5.41, 5.74) is 16.3. The van der Waals surface area contributed by atoms with Gasteiger partial charge in [-0.1, -0.05) is 0 Å². The molecule has 0 aliphatic heterocycles. The molecular formula is C14H29N3O4. The van der Waals surface area contributed by atoms with Crippen molar-refractivity contribution in [3.63, 3.8) is 0 Å². The third-order valence-corrected chi connectivity index (χ3v) is 2.89. The molecule has 0 rings (SSSR count). The lowest BCUT2D eigenvalue weighted by Gasteiger charge is -2.11. The van der Waals surface area contributed by atoms with Crippen molar-refractivity contribution in [2.24, 2.45) is 17.2 Å². The van der Waals surface area contributed by atoms with Crippen LogP contribution in [-0.2, 0) is 19.1 Å². The minimum atomic E-state index is -0.962. The summed E-state index contributed by atoms with van der Waals surface area (Å²) < 4.78 is 9.97. The van der Waals surface area contributed by atoms with E-state index in [0.717, 1.165) is 38.5 Å². The van der Waals surface area contributed by atoms with Crippen molar-refractivity contribution in [3.8, 4) is 0 Å². The summed E-state index contributed by atoms with van der Waals surface area (Å²) in [5.74, 6) is -1.04. The van der Waals surface area contributed by atoms with Crippen LogP contribution in [0.15, 0.2) is 0 Å². The maximum atomic E-state index is 11.5. The van der Waals surface area contributed by atoms with Crippen LogP contribution in [0.3, 0.4) is 0 Å². The van der Waals surface area contributed by atoms with E-state index in [1.165, 1.54) is 0 Å². The molecule has 0 amide bonds. The first-order chi connectivity index (χ1) is 10.1. The number of hydrogen-bond donors (Lipinski definition) is 3. The summed E-state index contributed by atoms with van der Waals surface area (Å²) in [5, 5.41) is 0. The Bertz CT molecular complexity index is 287. The predicted octanol–water partition coefficient (Wildman–Crippen LogP) is 0.0482. The summed E-state index contributed by atoms with van der Waals surface area (Å²) in [6.07, 6.45) is 5.00.